The number of rotatable bonds is 12. The van der Waals surface area contributed by atoms with Crippen molar-refractivity contribution in [2.45, 2.75) is 32.9 Å². The molecule has 2 saturated heterocycles. The average molecular weight is 638 g/mol. The number of esters is 2. The predicted octanol–water partition coefficient (Wildman–Crippen LogP) is 2.59. The SMILES string of the molecule is CC(C)[C@H]1C(=O)N2C(C(=O)OC(=O)c3ccc([N+](=O)[O-])cc3)=C(CN3CC(NCOOC(=O)c4ccc([N+](=O)[O-])cc4)C3)[C@H](C)[C@H]12. The summed E-state index contributed by atoms with van der Waals surface area (Å²) in [4.78, 5) is 85.0. The summed E-state index contributed by atoms with van der Waals surface area (Å²) in [7, 11) is 0. The van der Waals surface area contributed by atoms with Crippen molar-refractivity contribution in [1.29, 1.82) is 0 Å². The first-order chi connectivity index (χ1) is 21.9. The van der Waals surface area contributed by atoms with Crippen LogP contribution in [-0.2, 0) is 24.1 Å². The summed E-state index contributed by atoms with van der Waals surface area (Å²) in [5.74, 6) is -3.37. The van der Waals surface area contributed by atoms with Gasteiger partial charge in [-0.1, -0.05) is 20.8 Å². The molecule has 0 radical (unpaired) electrons. The third-order valence-electron chi connectivity index (χ3n) is 8.44. The summed E-state index contributed by atoms with van der Waals surface area (Å²) in [5, 5.41) is 24.8. The van der Waals surface area contributed by atoms with Crippen LogP contribution in [0.3, 0.4) is 0 Å². The van der Waals surface area contributed by atoms with Gasteiger partial charge in [0.05, 0.1) is 32.9 Å². The standard InChI is InChI=1S/C30H31N5O11/c1-16(2)24-25-17(3)23(26(33(25)27(24)36)30(39)45-28(37)18-4-8-21(9-5-18)34(40)41)14-32-12-20(13-32)31-15-44-46-29(38)19-6-10-22(11-7-19)35(42)43/h4-11,16-17,20,24-25,31H,12-15H2,1-3H3/t17-,24+,25+/m0/s1. The molecule has 242 valence electrons. The van der Waals surface area contributed by atoms with Gasteiger partial charge in [-0.3, -0.25) is 40.1 Å². The number of nitro benzene ring substituents is 2. The third-order valence-corrected chi connectivity index (χ3v) is 8.44. The Hall–Kier alpha value is -5.06. The molecule has 0 aliphatic carbocycles. The maximum atomic E-state index is 13.4. The van der Waals surface area contributed by atoms with E-state index in [9.17, 15) is 39.4 Å². The van der Waals surface area contributed by atoms with Gasteiger partial charge < -0.3 is 9.64 Å². The van der Waals surface area contributed by atoms with E-state index in [1.807, 2.05) is 25.7 Å². The number of benzene rings is 2. The number of hydrogen-bond acceptors (Lipinski definition) is 13. The molecule has 0 unspecified atom stereocenters. The van der Waals surface area contributed by atoms with Crippen LogP contribution in [0.1, 0.15) is 41.5 Å². The zero-order valence-corrected chi connectivity index (χ0v) is 25.1. The van der Waals surface area contributed by atoms with Crippen LogP contribution >= 0.6 is 0 Å². The summed E-state index contributed by atoms with van der Waals surface area (Å²) in [6.07, 6.45) is 0. The summed E-state index contributed by atoms with van der Waals surface area (Å²) in [5.41, 5.74) is 0.389. The molecular formula is C30H31N5O11. The number of carbonyl (C=O) groups is 4. The zero-order valence-electron chi connectivity index (χ0n) is 25.1. The van der Waals surface area contributed by atoms with Crippen LogP contribution in [0.5, 0.6) is 0 Å². The number of hydrogen-bond donors (Lipinski definition) is 1. The Morgan fingerprint density at radius 3 is 1.98 bits per heavy atom. The number of amides is 1. The van der Waals surface area contributed by atoms with Gasteiger partial charge in [0.1, 0.15) is 12.4 Å². The quantitative estimate of drug-likeness (QED) is 0.0521. The van der Waals surface area contributed by atoms with Crippen LogP contribution in [0.4, 0.5) is 11.4 Å². The summed E-state index contributed by atoms with van der Waals surface area (Å²) >= 11 is 0. The van der Waals surface area contributed by atoms with Gasteiger partial charge in [0.2, 0.25) is 5.91 Å². The number of nitro groups is 2. The van der Waals surface area contributed by atoms with E-state index in [-0.39, 0.29) is 70.7 Å². The molecule has 3 aliphatic heterocycles. The fraction of sp³-hybridized carbons (Fsp3) is 0.400. The van der Waals surface area contributed by atoms with Crippen molar-refractivity contribution in [2.75, 3.05) is 26.4 Å². The number of likely N-dealkylation sites (tertiary alicyclic amines) is 1. The highest BCUT2D eigenvalue weighted by molar-refractivity contribution is 6.06. The van der Waals surface area contributed by atoms with Gasteiger partial charge in [0.25, 0.3) is 11.4 Å². The molecule has 5 rings (SSSR count). The molecule has 0 spiro atoms. The Balaban J connectivity index is 1.17. The molecule has 0 saturated carbocycles. The van der Waals surface area contributed by atoms with Crippen LogP contribution in [-0.4, -0.2) is 81.9 Å². The first-order valence-electron chi connectivity index (χ1n) is 14.5. The van der Waals surface area contributed by atoms with Crippen LogP contribution in [0.25, 0.3) is 0 Å². The zero-order chi connectivity index (χ0) is 33.3. The lowest BCUT2D eigenvalue weighted by Crippen LogP contribution is -2.62. The van der Waals surface area contributed by atoms with Crippen molar-refractivity contribution in [2.24, 2.45) is 17.8 Å². The number of non-ortho nitro benzene ring substituents is 2. The predicted molar refractivity (Wildman–Crippen MR) is 156 cm³/mol. The van der Waals surface area contributed by atoms with Gasteiger partial charge in [-0.15, -0.1) is 0 Å². The summed E-state index contributed by atoms with van der Waals surface area (Å²) in [6.45, 7) is 7.15. The number of ether oxygens (including phenoxy) is 1. The van der Waals surface area contributed by atoms with Crippen LogP contribution in [0, 0.1) is 38.0 Å². The highest BCUT2D eigenvalue weighted by Crippen LogP contribution is 2.49. The largest absolute Gasteiger partial charge is 0.385 e. The van der Waals surface area contributed by atoms with Gasteiger partial charge in [0, 0.05) is 55.9 Å². The Bertz CT molecular complexity index is 1600. The minimum Gasteiger partial charge on any atom is -0.385 e. The third kappa shape index (κ3) is 6.35. The highest BCUT2D eigenvalue weighted by atomic mass is 17.2. The maximum Gasteiger partial charge on any atom is 0.373 e. The van der Waals surface area contributed by atoms with Gasteiger partial charge in [-0.25, -0.2) is 14.4 Å². The van der Waals surface area contributed by atoms with Gasteiger partial charge >= 0.3 is 17.9 Å². The number of nitrogens with one attached hydrogen (secondary N) is 1. The Labute approximate surface area is 262 Å². The molecule has 2 fully saturated rings. The fourth-order valence-corrected chi connectivity index (χ4v) is 6.01. The van der Waals surface area contributed by atoms with Gasteiger partial charge in [0.15, 0.2) is 0 Å². The van der Waals surface area contributed by atoms with E-state index in [1.165, 1.54) is 41.3 Å². The van der Waals surface area contributed by atoms with Crippen LogP contribution in [0.15, 0.2) is 59.8 Å². The highest BCUT2D eigenvalue weighted by Gasteiger charge is 2.59. The van der Waals surface area contributed by atoms with E-state index < -0.39 is 27.8 Å². The molecule has 16 heteroatoms. The molecule has 3 heterocycles. The second kappa shape index (κ2) is 13.1. The lowest BCUT2D eigenvalue weighted by molar-refractivity contribution is -0.385. The Morgan fingerprint density at radius 2 is 1.46 bits per heavy atom. The maximum absolute atomic E-state index is 13.4. The van der Waals surface area contributed by atoms with Gasteiger partial charge in [-0.2, -0.15) is 4.89 Å². The molecule has 1 N–H and O–H groups in total. The first-order valence-corrected chi connectivity index (χ1v) is 14.5. The minimum absolute atomic E-state index is 0.0309. The van der Waals surface area contributed by atoms with Crippen LogP contribution in [0.2, 0.25) is 0 Å². The van der Waals surface area contributed by atoms with E-state index in [2.05, 4.69) is 5.32 Å². The second-order valence-electron chi connectivity index (χ2n) is 11.6. The summed E-state index contributed by atoms with van der Waals surface area (Å²) in [6, 6.07) is 9.26. The normalized spacial score (nSPS) is 21.0. The molecular weight excluding hydrogens is 606 g/mol. The van der Waals surface area contributed by atoms with Crippen LogP contribution < -0.4 is 5.32 Å². The lowest BCUT2D eigenvalue weighted by Gasteiger charge is -2.47. The summed E-state index contributed by atoms with van der Waals surface area (Å²) < 4.78 is 5.17. The molecule has 3 atom stereocenters. The molecule has 3 aliphatic rings. The van der Waals surface area contributed by atoms with E-state index in [0.29, 0.717) is 25.2 Å². The molecule has 0 bridgehead atoms. The van der Waals surface area contributed by atoms with E-state index in [0.717, 1.165) is 12.1 Å². The molecule has 2 aromatic rings. The molecule has 2 aromatic carbocycles. The Kier molecular flexibility index (Phi) is 9.22. The molecule has 46 heavy (non-hydrogen) atoms. The monoisotopic (exact) mass is 637 g/mol. The number of fused-ring (bicyclic) bond motifs is 1. The molecule has 0 aromatic heterocycles. The molecule has 1 amide bonds. The topological polar surface area (TPSA) is 201 Å². The van der Waals surface area contributed by atoms with Crippen molar-refractivity contribution in [3.05, 3.63) is 91.2 Å². The van der Waals surface area contributed by atoms with E-state index >= 15 is 0 Å². The number of carbonyl (C=O) groups excluding carboxylic acids is 4. The van der Waals surface area contributed by atoms with E-state index in [4.69, 9.17) is 14.5 Å². The molecule has 16 nitrogen and oxygen atoms in total. The number of nitrogens with zero attached hydrogens (tertiary/aromatic N) is 4. The van der Waals surface area contributed by atoms with Crippen molar-refractivity contribution < 1.29 is 43.5 Å². The Morgan fingerprint density at radius 1 is 0.913 bits per heavy atom. The minimum atomic E-state index is -0.987. The average Bonchev–Trinajstić information content (AvgIpc) is 3.24. The van der Waals surface area contributed by atoms with Crippen molar-refractivity contribution in [1.82, 2.24) is 15.1 Å². The van der Waals surface area contributed by atoms with E-state index in [1.54, 1.807) is 0 Å². The van der Waals surface area contributed by atoms with Crippen molar-refractivity contribution in [3.8, 4) is 0 Å². The lowest BCUT2D eigenvalue weighted by atomic mass is 9.74. The smallest absolute Gasteiger partial charge is 0.373 e. The fourth-order valence-electron chi connectivity index (χ4n) is 6.01. The first kappa shape index (κ1) is 32.3. The number of β-lactam (4-membered cyclic amide) rings is 1. The van der Waals surface area contributed by atoms with Crippen molar-refractivity contribution in [3.63, 3.8) is 0 Å². The van der Waals surface area contributed by atoms with Gasteiger partial charge in [-0.05, 0) is 35.8 Å². The van der Waals surface area contributed by atoms with Crippen molar-refractivity contribution >= 4 is 35.2 Å². The second-order valence-corrected chi connectivity index (χ2v) is 11.6.